The van der Waals surface area contributed by atoms with Gasteiger partial charge >= 0.3 is 0 Å². The number of rotatable bonds is 3. The maximum Gasteiger partial charge on any atom is 0.254 e. The number of hydrogen-bond acceptors (Lipinski definition) is 1. The third kappa shape index (κ3) is 3.56. The molecule has 1 aromatic carbocycles. The second-order valence-electron chi connectivity index (χ2n) is 5.26. The molecule has 0 bridgehead atoms. The zero-order chi connectivity index (χ0) is 13.8. The van der Waals surface area contributed by atoms with Crippen LogP contribution in [0.15, 0.2) is 22.7 Å². The fraction of sp³-hybridized carbons (Fsp3) is 0.533. The fourth-order valence-electron chi connectivity index (χ4n) is 2.72. The summed E-state index contributed by atoms with van der Waals surface area (Å²) in [4.78, 5) is 12.1. The first kappa shape index (κ1) is 14.5. The van der Waals surface area contributed by atoms with Crippen molar-refractivity contribution < 1.29 is 9.18 Å². The minimum atomic E-state index is -0.490. The average molecular weight is 328 g/mol. The molecule has 1 aromatic rings. The Morgan fingerprint density at radius 1 is 1.37 bits per heavy atom. The Kier molecular flexibility index (Phi) is 4.97. The number of nitrogens with one attached hydrogen (secondary N) is 1. The van der Waals surface area contributed by atoms with Gasteiger partial charge in [0.15, 0.2) is 0 Å². The van der Waals surface area contributed by atoms with Crippen molar-refractivity contribution in [2.24, 2.45) is 5.92 Å². The van der Waals surface area contributed by atoms with Crippen molar-refractivity contribution in [3.8, 4) is 0 Å². The predicted molar refractivity (Wildman–Crippen MR) is 77.6 cm³/mol. The number of carbonyl (C=O) groups excluding carboxylic acids is 1. The van der Waals surface area contributed by atoms with E-state index in [2.05, 4.69) is 21.2 Å². The first-order valence-electron chi connectivity index (χ1n) is 6.84. The summed E-state index contributed by atoms with van der Waals surface area (Å²) in [5.41, 5.74) is 0.108. The van der Waals surface area contributed by atoms with Gasteiger partial charge in [-0.2, -0.15) is 0 Å². The lowest BCUT2D eigenvalue weighted by Crippen LogP contribution is -2.39. The number of hydrogen-bond donors (Lipinski definition) is 1. The fourth-order valence-corrected chi connectivity index (χ4v) is 3.08. The Labute approximate surface area is 121 Å². The first-order chi connectivity index (χ1) is 9.09. The summed E-state index contributed by atoms with van der Waals surface area (Å²) >= 11 is 3.10. The van der Waals surface area contributed by atoms with Gasteiger partial charge in [0.25, 0.3) is 5.91 Å². The van der Waals surface area contributed by atoms with Crippen LogP contribution in [-0.2, 0) is 0 Å². The second-order valence-corrected chi connectivity index (χ2v) is 6.12. The van der Waals surface area contributed by atoms with E-state index in [0.717, 1.165) is 12.8 Å². The topological polar surface area (TPSA) is 29.1 Å². The largest absolute Gasteiger partial charge is 0.349 e. The van der Waals surface area contributed by atoms with Gasteiger partial charge in [-0.05, 0) is 53.7 Å². The zero-order valence-corrected chi connectivity index (χ0v) is 12.7. The highest BCUT2D eigenvalue weighted by molar-refractivity contribution is 9.10. The normalized spacial score (nSPS) is 18.1. The van der Waals surface area contributed by atoms with Crippen molar-refractivity contribution in [3.05, 3.63) is 34.1 Å². The highest BCUT2D eigenvalue weighted by atomic mass is 79.9. The molecule has 4 heteroatoms. The van der Waals surface area contributed by atoms with Crippen LogP contribution in [0, 0.1) is 11.7 Å². The Balaban J connectivity index is 2.02. The van der Waals surface area contributed by atoms with Crippen molar-refractivity contribution in [3.63, 3.8) is 0 Å². The highest BCUT2D eigenvalue weighted by Gasteiger charge is 2.23. The van der Waals surface area contributed by atoms with E-state index in [1.165, 1.54) is 25.3 Å². The molecule has 0 spiro atoms. The Morgan fingerprint density at radius 3 is 2.74 bits per heavy atom. The van der Waals surface area contributed by atoms with Gasteiger partial charge in [0, 0.05) is 6.04 Å². The van der Waals surface area contributed by atoms with Crippen molar-refractivity contribution >= 4 is 21.8 Å². The molecular weight excluding hydrogens is 309 g/mol. The lowest BCUT2D eigenvalue weighted by Gasteiger charge is -2.28. The SMILES string of the molecule is CC(NC(=O)c1cccc(Br)c1F)C1CCCCC1. The van der Waals surface area contributed by atoms with Crippen LogP contribution in [0.2, 0.25) is 0 Å². The van der Waals surface area contributed by atoms with Crippen molar-refractivity contribution in [2.75, 3.05) is 0 Å². The average Bonchev–Trinajstić information content (AvgIpc) is 2.42. The van der Waals surface area contributed by atoms with Gasteiger partial charge in [0.05, 0.1) is 10.0 Å². The van der Waals surface area contributed by atoms with E-state index in [9.17, 15) is 9.18 Å². The minimum absolute atomic E-state index is 0.103. The van der Waals surface area contributed by atoms with Gasteiger partial charge in [-0.25, -0.2) is 4.39 Å². The van der Waals surface area contributed by atoms with Crippen LogP contribution in [0.3, 0.4) is 0 Å². The molecule has 2 nitrogen and oxygen atoms in total. The Bertz CT molecular complexity index is 457. The lowest BCUT2D eigenvalue weighted by atomic mass is 9.84. The number of amides is 1. The van der Waals surface area contributed by atoms with Crippen molar-refractivity contribution in [1.29, 1.82) is 0 Å². The number of benzene rings is 1. The molecule has 0 aliphatic heterocycles. The molecule has 0 saturated heterocycles. The maximum atomic E-state index is 13.8. The Morgan fingerprint density at radius 2 is 2.05 bits per heavy atom. The standard InChI is InChI=1S/C15H19BrFNO/c1-10(11-6-3-2-4-7-11)18-15(19)12-8-5-9-13(16)14(12)17/h5,8-11H,2-4,6-7H2,1H3,(H,18,19). The number of carbonyl (C=O) groups is 1. The summed E-state index contributed by atoms with van der Waals surface area (Å²) in [6.07, 6.45) is 6.06. The molecule has 0 aromatic heterocycles. The summed E-state index contributed by atoms with van der Waals surface area (Å²) in [6.45, 7) is 2.02. The van der Waals surface area contributed by atoms with Crippen LogP contribution in [0.25, 0.3) is 0 Å². The summed E-state index contributed by atoms with van der Waals surface area (Å²) in [5, 5.41) is 2.93. The molecule has 1 unspecified atom stereocenters. The molecule has 1 fully saturated rings. The van der Waals surface area contributed by atoms with Crippen LogP contribution in [0.1, 0.15) is 49.4 Å². The van der Waals surface area contributed by atoms with E-state index in [0.29, 0.717) is 10.4 Å². The van der Waals surface area contributed by atoms with Gasteiger partial charge in [0.2, 0.25) is 0 Å². The maximum absolute atomic E-state index is 13.8. The van der Waals surface area contributed by atoms with Crippen LogP contribution < -0.4 is 5.32 Å². The van der Waals surface area contributed by atoms with E-state index in [1.54, 1.807) is 12.1 Å². The van der Waals surface area contributed by atoms with Crippen LogP contribution in [0.5, 0.6) is 0 Å². The van der Waals surface area contributed by atoms with Crippen molar-refractivity contribution in [2.45, 2.75) is 45.1 Å². The van der Waals surface area contributed by atoms with Gasteiger partial charge in [-0.15, -0.1) is 0 Å². The molecule has 0 heterocycles. The molecule has 1 aliphatic rings. The van der Waals surface area contributed by atoms with Crippen LogP contribution in [0.4, 0.5) is 4.39 Å². The molecule has 1 N–H and O–H groups in total. The van der Waals surface area contributed by atoms with Crippen LogP contribution >= 0.6 is 15.9 Å². The van der Waals surface area contributed by atoms with E-state index < -0.39 is 5.82 Å². The van der Waals surface area contributed by atoms with Crippen LogP contribution in [-0.4, -0.2) is 11.9 Å². The molecule has 1 aliphatic carbocycles. The molecule has 19 heavy (non-hydrogen) atoms. The Hall–Kier alpha value is -0.900. The van der Waals surface area contributed by atoms with Crippen molar-refractivity contribution in [1.82, 2.24) is 5.32 Å². The van der Waals surface area contributed by atoms with E-state index >= 15 is 0 Å². The molecule has 104 valence electrons. The summed E-state index contributed by atoms with van der Waals surface area (Å²) in [6, 6.07) is 4.89. The van der Waals surface area contributed by atoms with E-state index in [1.807, 2.05) is 6.92 Å². The number of halogens is 2. The molecule has 1 saturated carbocycles. The van der Waals surface area contributed by atoms with E-state index in [4.69, 9.17) is 0 Å². The zero-order valence-electron chi connectivity index (χ0n) is 11.1. The lowest BCUT2D eigenvalue weighted by molar-refractivity contribution is 0.0915. The van der Waals surface area contributed by atoms with Gasteiger partial charge in [-0.1, -0.05) is 25.3 Å². The quantitative estimate of drug-likeness (QED) is 0.881. The predicted octanol–water partition coefficient (Wildman–Crippen LogP) is 4.29. The smallest absolute Gasteiger partial charge is 0.254 e. The molecule has 2 rings (SSSR count). The monoisotopic (exact) mass is 327 g/mol. The molecule has 1 atom stereocenters. The molecule has 1 amide bonds. The summed E-state index contributed by atoms with van der Waals surface area (Å²) < 4.78 is 14.2. The third-order valence-corrected chi connectivity index (χ3v) is 4.52. The third-order valence-electron chi connectivity index (χ3n) is 3.91. The summed E-state index contributed by atoms with van der Waals surface area (Å²) in [7, 11) is 0. The minimum Gasteiger partial charge on any atom is -0.349 e. The first-order valence-corrected chi connectivity index (χ1v) is 7.63. The highest BCUT2D eigenvalue weighted by Crippen LogP contribution is 2.26. The summed E-state index contributed by atoms with van der Waals surface area (Å²) in [5.74, 6) is -0.291. The van der Waals surface area contributed by atoms with Gasteiger partial charge in [0.1, 0.15) is 5.82 Å². The molecule has 0 radical (unpaired) electrons. The van der Waals surface area contributed by atoms with Gasteiger partial charge in [-0.3, -0.25) is 4.79 Å². The second kappa shape index (κ2) is 6.51. The van der Waals surface area contributed by atoms with E-state index in [-0.39, 0.29) is 17.5 Å². The van der Waals surface area contributed by atoms with Gasteiger partial charge < -0.3 is 5.32 Å². The molecular formula is C15H19BrFNO.